The minimum absolute atomic E-state index is 0.132. The molecule has 4 aromatic carbocycles. The predicted molar refractivity (Wildman–Crippen MR) is 121 cm³/mol. The number of hydrogen-bond donors (Lipinski definition) is 1. The van der Waals surface area contributed by atoms with Crippen LogP contribution in [0.5, 0.6) is 0 Å². The molecule has 0 amide bonds. The van der Waals surface area contributed by atoms with Crippen LogP contribution in [0.15, 0.2) is 84.9 Å². The van der Waals surface area contributed by atoms with Crippen LogP contribution in [0.4, 0.5) is 4.39 Å². The molecule has 1 N–H and O–H groups in total. The van der Waals surface area contributed by atoms with Crippen LogP contribution in [0.3, 0.4) is 0 Å². The molecular formula is C26H23ClFN. The summed E-state index contributed by atoms with van der Waals surface area (Å²) in [6.07, 6.45) is 0. The van der Waals surface area contributed by atoms with E-state index in [2.05, 4.69) is 49.5 Å². The topological polar surface area (TPSA) is 12.0 Å². The zero-order chi connectivity index (χ0) is 20.4. The quantitative estimate of drug-likeness (QED) is 0.359. The van der Waals surface area contributed by atoms with E-state index in [9.17, 15) is 4.39 Å². The van der Waals surface area contributed by atoms with E-state index in [0.29, 0.717) is 0 Å². The Balaban J connectivity index is 1.71. The van der Waals surface area contributed by atoms with Crippen LogP contribution in [0, 0.1) is 5.82 Å². The Labute approximate surface area is 176 Å². The van der Waals surface area contributed by atoms with Crippen LogP contribution in [0.2, 0.25) is 5.02 Å². The molecule has 0 spiro atoms. The van der Waals surface area contributed by atoms with Crippen LogP contribution in [0.1, 0.15) is 37.1 Å². The summed E-state index contributed by atoms with van der Waals surface area (Å²) in [4.78, 5) is 0. The molecule has 4 aromatic rings. The van der Waals surface area contributed by atoms with E-state index in [1.54, 1.807) is 0 Å². The molecule has 146 valence electrons. The van der Waals surface area contributed by atoms with E-state index >= 15 is 0 Å². The van der Waals surface area contributed by atoms with Crippen LogP contribution in [-0.4, -0.2) is 0 Å². The number of fused-ring (bicyclic) bond motifs is 1. The van der Waals surface area contributed by atoms with E-state index in [-0.39, 0.29) is 17.9 Å². The summed E-state index contributed by atoms with van der Waals surface area (Å²) in [5.74, 6) is -0.223. The summed E-state index contributed by atoms with van der Waals surface area (Å²) in [6.45, 7) is 4.31. The standard InChI is InChI=1S/C26H23ClFN/c1-17(20-7-5-8-23(27)15-20)29-18(2)22-14-21-6-3-4-9-25(21)26(16-22)19-10-12-24(28)13-11-19/h3-18,29H,1-2H3/t17-,18?/m1/s1. The SMILES string of the molecule is CC(N[C@H](C)c1cccc(Cl)c1)c1cc(-c2ccc(F)cc2)c2ccccc2c1. The molecule has 0 aliphatic heterocycles. The third-order valence-corrected chi connectivity index (χ3v) is 5.62. The van der Waals surface area contributed by atoms with Crippen molar-refractivity contribution in [2.45, 2.75) is 25.9 Å². The second kappa shape index (κ2) is 8.36. The lowest BCUT2D eigenvalue weighted by Crippen LogP contribution is -2.22. The second-order valence-corrected chi connectivity index (χ2v) is 7.90. The van der Waals surface area contributed by atoms with Gasteiger partial charge in [0, 0.05) is 17.1 Å². The van der Waals surface area contributed by atoms with Crippen molar-refractivity contribution in [3.8, 4) is 11.1 Å². The second-order valence-electron chi connectivity index (χ2n) is 7.46. The first-order valence-corrected chi connectivity index (χ1v) is 10.2. The maximum absolute atomic E-state index is 13.4. The molecule has 4 rings (SSSR count). The van der Waals surface area contributed by atoms with Crippen LogP contribution in [0.25, 0.3) is 21.9 Å². The van der Waals surface area contributed by atoms with Gasteiger partial charge in [-0.25, -0.2) is 4.39 Å². The van der Waals surface area contributed by atoms with Gasteiger partial charge in [-0.05, 0) is 83.3 Å². The maximum atomic E-state index is 13.4. The summed E-state index contributed by atoms with van der Waals surface area (Å²) in [5, 5.41) is 6.76. The van der Waals surface area contributed by atoms with Gasteiger partial charge in [0.2, 0.25) is 0 Å². The van der Waals surface area contributed by atoms with Gasteiger partial charge in [-0.2, -0.15) is 0 Å². The zero-order valence-corrected chi connectivity index (χ0v) is 17.2. The average Bonchev–Trinajstić information content (AvgIpc) is 2.73. The van der Waals surface area contributed by atoms with Crippen molar-refractivity contribution >= 4 is 22.4 Å². The minimum Gasteiger partial charge on any atom is -0.304 e. The summed E-state index contributed by atoms with van der Waals surface area (Å²) in [5.41, 5.74) is 4.47. The molecule has 0 aromatic heterocycles. The first kappa shape index (κ1) is 19.6. The van der Waals surface area contributed by atoms with Crippen molar-refractivity contribution in [2.75, 3.05) is 0 Å². The number of nitrogens with one attached hydrogen (secondary N) is 1. The third kappa shape index (κ3) is 4.34. The van der Waals surface area contributed by atoms with E-state index in [4.69, 9.17) is 11.6 Å². The van der Waals surface area contributed by atoms with Gasteiger partial charge < -0.3 is 5.32 Å². The normalized spacial score (nSPS) is 13.4. The predicted octanol–water partition coefficient (Wildman–Crippen LogP) is 7.71. The van der Waals surface area contributed by atoms with Crippen molar-refractivity contribution < 1.29 is 4.39 Å². The van der Waals surface area contributed by atoms with Gasteiger partial charge in [-0.1, -0.05) is 60.1 Å². The monoisotopic (exact) mass is 403 g/mol. The van der Waals surface area contributed by atoms with Gasteiger partial charge in [0.05, 0.1) is 0 Å². The fourth-order valence-corrected chi connectivity index (χ4v) is 3.99. The van der Waals surface area contributed by atoms with Crippen molar-refractivity contribution in [3.63, 3.8) is 0 Å². The highest BCUT2D eigenvalue weighted by atomic mass is 35.5. The molecule has 29 heavy (non-hydrogen) atoms. The summed E-state index contributed by atoms with van der Waals surface area (Å²) in [6, 6.07) is 27.7. The van der Waals surface area contributed by atoms with Crippen molar-refractivity contribution in [1.29, 1.82) is 0 Å². The summed E-state index contributed by atoms with van der Waals surface area (Å²) in [7, 11) is 0. The Morgan fingerprint density at radius 3 is 2.24 bits per heavy atom. The minimum atomic E-state index is -0.223. The third-order valence-electron chi connectivity index (χ3n) is 5.39. The zero-order valence-electron chi connectivity index (χ0n) is 16.5. The largest absolute Gasteiger partial charge is 0.304 e. The molecule has 1 nitrogen and oxygen atoms in total. The highest BCUT2D eigenvalue weighted by molar-refractivity contribution is 6.30. The Bertz CT molecular complexity index is 1140. The van der Waals surface area contributed by atoms with Crippen molar-refractivity contribution in [1.82, 2.24) is 5.32 Å². The van der Waals surface area contributed by atoms with Gasteiger partial charge >= 0.3 is 0 Å². The Morgan fingerprint density at radius 2 is 1.48 bits per heavy atom. The van der Waals surface area contributed by atoms with Gasteiger partial charge in [-0.3, -0.25) is 0 Å². The molecule has 0 saturated heterocycles. The number of benzene rings is 4. The molecule has 0 aliphatic carbocycles. The number of hydrogen-bond acceptors (Lipinski definition) is 1. The van der Waals surface area contributed by atoms with E-state index in [1.807, 2.05) is 42.5 Å². The van der Waals surface area contributed by atoms with E-state index in [1.165, 1.54) is 23.1 Å². The molecule has 0 aliphatic rings. The first-order valence-electron chi connectivity index (χ1n) is 9.81. The first-order chi connectivity index (χ1) is 14.0. The van der Waals surface area contributed by atoms with Crippen LogP contribution < -0.4 is 5.32 Å². The van der Waals surface area contributed by atoms with Gasteiger partial charge in [0.1, 0.15) is 5.82 Å². The lowest BCUT2D eigenvalue weighted by molar-refractivity contribution is 0.495. The summed E-state index contributed by atoms with van der Waals surface area (Å²) < 4.78 is 13.4. The highest BCUT2D eigenvalue weighted by Gasteiger charge is 2.14. The lowest BCUT2D eigenvalue weighted by Gasteiger charge is -2.22. The molecule has 3 heteroatoms. The van der Waals surface area contributed by atoms with Crippen LogP contribution in [-0.2, 0) is 0 Å². The number of halogens is 2. The molecule has 0 fully saturated rings. The molecule has 0 bridgehead atoms. The van der Waals surface area contributed by atoms with Gasteiger partial charge in [-0.15, -0.1) is 0 Å². The molecule has 0 heterocycles. The molecule has 0 radical (unpaired) electrons. The lowest BCUT2D eigenvalue weighted by atomic mass is 9.93. The smallest absolute Gasteiger partial charge is 0.123 e. The summed E-state index contributed by atoms with van der Waals surface area (Å²) >= 11 is 6.15. The fraction of sp³-hybridized carbons (Fsp3) is 0.154. The maximum Gasteiger partial charge on any atom is 0.123 e. The highest BCUT2D eigenvalue weighted by Crippen LogP contribution is 2.33. The molecular weight excluding hydrogens is 381 g/mol. The Morgan fingerprint density at radius 1 is 0.759 bits per heavy atom. The van der Waals surface area contributed by atoms with Gasteiger partial charge in [0.25, 0.3) is 0 Å². The average molecular weight is 404 g/mol. The molecule has 0 saturated carbocycles. The fourth-order valence-electron chi connectivity index (χ4n) is 3.80. The van der Waals surface area contributed by atoms with E-state index in [0.717, 1.165) is 27.1 Å². The molecule has 2 atom stereocenters. The van der Waals surface area contributed by atoms with E-state index < -0.39 is 0 Å². The van der Waals surface area contributed by atoms with Crippen LogP contribution >= 0.6 is 11.6 Å². The Kier molecular flexibility index (Phi) is 5.66. The van der Waals surface area contributed by atoms with Crippen molar-refractivity contribution in [2.24, 2.45) is 0 Å². The molecule has 1 unspecified atom stereocenters. The van der Waals surface area contributed by atoms with Gasteiger partial charge in [0.15, 0.2) is 0 Å². The van der Waals surface area contributed by atoms with Crippen molar-refractivity contribution in [3.05, 3.63) is 107 Å². The number of rotatable bonds is 5. The Hall–Kier alpha value is -2.68.